The SMILES string of the molecule is O=C(NN=Cc1ccc(-c2ccc(Cl)cc2)o1)c1cc(Cl)ccc1O. The number of halogens is 2. The van der Waals surface area contributed by atoms with Crippen molar-refractivity contribution in [2.24, 2.45) is 5.10 Å². The zero-order valence-corrected chi connectivity index (χ0v) is 14.3. The van der Waals surface area contributed by atoms with Crippen LogP contribution < -0.4 is 5.43 Å². The monoisotopic (exact) mass is 374 g/mol. The number of furan rings is 1. The van der Waals surface area contributed by atoms with Crippen molar-refractivity contribution in [3.05, 3.63) is 76.0 Å². The average molecular weight is 375 g/mol. The van der Waals surface area contributed by atoms with Crippen molar-refractivity contribution in [3.8, 4) is 17.1 Å². The first-order valence-electron chi connectivity index (χ1n) is 7.20. The third kappa shape index (κ3) is 4.21. The number of hydrazone groups is 1. The van der Waals surface area contributed by atoms with Gasteiger partial charge in [-0.05, 0) is 54.6 Å². The second-order valence-electron chi connectivity index (χ2n) is 5.07. The van der Waals surface area contributed by atoms with Crippen molar-refractivity contribution in [1.82, 2.24) is 5.43 Å². The summed E-state index contributed by atoms with van der Waals surface area (Å²) >= 11 is 11.7. The first-order valence-corrected chi connectivity index (χ1v) is 7.96. The van der Waals surface area contributed by atoms with Gasteiger partial charge >= 0.3 is 0 Å². The molecule has 2 N–H and O–H groups in total. The Labute approximate surface area is 153 Å². The van der Waals surface area contributed by atoms with E-state index in [0.29, 0.717) is 21.6 Å². The van der Waals surface area contributed by atoms with Crippen LogP contribution in [0.5, 0.6) is 5.75 Å². The molecule has 126 valence electrons. The van der Waals surface area contributed by atoms with Crippen LogP contribution >= 0.6 is 23.2 Å². The predicted molar refractivity (Wildman–Crippen MR) is 97.3 cm³/mol. The summed E-state index contributed by atoms with van der Waals surface area (Å²) in [5.41, 5.74) is 3.21. The Morgan fingerprint density at radius 3 is 2.52 bits per heavy atom. The molecule has 3 rings (SSSR count). The molecule has 0 fully saturated rings. The normalized spacial score (nSPS) is 11.0. The van der Waals surface area contributed by atoms with Crippen LogP contribution in [-0.4, -0.2) is 17.2 Å². The molecular weight excluding hydrogens is 363 g/mol. The summed E-state index contributed by atoms with van der Waals surface area (Å²) in [4.78, 5) is 12.0. The summed E-state index contributed by atoms with van der Waals surface area (Å²) in [5, 5.41) is 14.5. The molecule has 5 nitrogen and oxygen atoms in total. The van der Waals surface area contributed by atoms with Crippen LogP contribution in [0.25, 0.3) is 11.3 Å². The van der Waals surface area contributed by atoms with Crippen molar-refractivity contribution >= 4 is 35.3 Å². The number of nitrogens with one attached hydrogen (secondary N) is 1. The van der Waals surface area contributed by atoms with Gasteiger partial charge in [0.25, 0.3) is 5.91 Å². The van der Waals surface area contributed by atoms with Gasteiger partial charge in [0.15, 0.2) is 0 Å². The number of hydrogen-bond donors (Lipinski definition) is 2. The molecule has 1 heterocycles. The highest BCUT2D eigenvalue weighted by atomic mass is 35.5. The van der Waals surface area contributed by atoms with Gasteiger partial charge in [0.2, 0.25) is 0 Å². The lowest BCUT2D eigenvalue weighted by atomic mass is 10.2. The number of aromatic hydroxyl groups is 1. The molecule has 7 heteroatoms. The first kappa shape index (κ1) is 17.1. The maximum Gasteiger partial charge on any atom is 0.275 e. The second kappa shape index (κ2) is 7.42. The fourth-order valence-corrected chi connectivity index (χ4v) is 2.39. The number of phenolic OH excluding ortho intramolecular Hbond substituents is 1. The van der Waals surface area contributed by atoms with Gasteiger partial charge in [-0.15, -0.1) is 0 Å². The number of amides is 1. The van der Waals surface area contributed by atoms with E-state index in [4.69, 9.17) is 27.6 Å². The maximum absolute atomic E-state index is 12.0. The Bertz CT molecular complexity index is 934. The highest BCUT2D eigenvalue weighted by Crippen LogP contribution is 2.23. The zero-order valence-electron chi connectivity index (χ0n) is 12.7. The highest BCUT2D eigenvalue weighted by Gasteiger charge is 2.11. The molecule has 0 atom stereocenters. The van der Waals surface area contributed by atoms with E-state index >= 15 is 0 Å². The Morgan fingerprint density at radius 2 is 1.76 bits per heavy atom. The molecule has 0 radical (unpaired) electrons. The van der Waals surface area contributed by atoms with Gasteiger partial charge in [0.1, 0.15) is 17.3 Å². The van der Waals surface area contributed by atoms with E-state index in [1.807, 2.05) is 12.1 Å². The van der Waals surface area contributed by atoms with Gasteiger partial charge in [0, 0.05) is 15.6 Å². The molecule has 0 aliphatic carbocycles. The van der Waals surface area contributed by atoms with E-state index in [2.05, 4.69) is 10.5 Å². The van der Waals surface area contributed by atoms with Crippen LogP contribution in [0.2, 0.25) is 10.0 Å². The number of benzene rings is 2. The topological polar surface area (TPSA) is 74.8 Å². The van der Waals surface area contributed by atoms with Gasteiger partial charge in [-0.2, -0.15) is 5.10 Å². The lowest BCUT2D eigenvalue weighted by Gasteiger charge is -2.02. The summed E-state index contributed by atoms with van der Waals surface area (Å²) in [5.74, 6) is 0.346. The lowest BCUT2D eigenvalue weighted by molar-refractivity contribution is 0.0952. The molecule has 3 aromatic rings. The van der Waals surface area contributed by atoms with Crippen molar-refractivity contribution in [2.75, 3.05) is 0 Å². The van der Waals surface area contributed by atoms with Crippen LogP contribution in [0.1, 0.15) is 16.1 Å². The Hall–Kier alpha value is -2.76. The molecule has 0 bridgehead atoms. The third-order valence-electron chi connectivity index (χ3n) is 3.32. The molecule has 0 saturated carbocycles. The van der Waals surface area contributed by atoms with Crippen LogP contribution in [0.3, 0.4) is 0 Å². The summed E-state index contributed by atoms with van der Waals surface area (Å²) in [6.07, 6.45) is 1.36. The van der Waals surface area contributed by atoms with E-state index in [1.54, 1.807) is 24.3 Å². The number of carbonyl (C=O) groups excluding carboxylic acids is 1. The standard InChI is InChI=1S/C18H12Cl2N2O3/c19-12-3-1-11(2-4-12)17-8-6-14(25-17)10-21-22-18(24)15-9-13(20)5-7-16(15)23/h1-10,23H,(H,22,24). The Balaban J connectivity index is 1.67. The summed E-state index contributed by atoms with van der Waals surface area (Å²) in [6, 6.07) is 14.9. The molecule has 0 unspecified atom stereocenters. The number of phenols is 1. The number of nitrogens with zero attached hydrogens (tertiary/aromatic N) is 1. The van der Waals surface area contributed by atoms with E-state index in [0.717, 1.165) is 5.56 Å². The maximum atomic E-state index is 12.0. The van der Waals surface area contributed by atoms with Gasteiger partial charge < -0.3 is 9.52 Å². The molecule has 2 aromatic carbocycles. The predicted octanol–water partition coefficient (Wildman–Crippen LogP) is 4.72. The molecule has 0 saturated heterocycles. The van der Waals surface area contributed by atoms with Crippen molar-refractivity contribution in [1.29, 1.82) is 0 Å². The fourth-order valence-electron chi connectivity index (χ4n) is 2.10. The summed E-state index contributed by atoms with van der Waals surface area (Å²) < 4.78 is 5.63. The van der Waals surface area contributed by atoms with Crippen molar-refractivity contribution in [3.63, 3.8) is 0 Å². The van der Waals surface area contributed by atoms with E-state index in [9.17, 15) is 9.90 Å². The molecule has 1 amide bonds. The smallest absolute Gasteiger partial charge is 0.275 e. The Kier molecular flexibility index (Phi) is 5.07. The van der Waals surface area contributed by atoms with Crippen LogP contribution in [0, 0.1) is 0 Å². The Morgan fingerprint density at radius 1 is 1.04 bits per heavy atom. The second-order valence-corrected chi connectivity index (χ2v) is 5.94. The quantitative estimate of drug-likeness (QED) is 0.512. The summed E-state index contributed by atoms with van der Waals surface area (Å²) in [6.45, 7) is 0. The van der Waals surface area contributed by atoms with E-state index < -0.39 is 5.91 Å². The molecule has 0 spiro atoms. The average Bonchev–Trinajstić information content (AvgIpc) is 3.06. The minimum Gasteiger partial charge on any atom is -0.507 e. The van der Waals surface area contributed by atoms with Gasteiger partial charge in [-0.25, -0.2) is 5.43 Å². The van der Waals surface area contributed by atoms with Crippen LogP contribution in [0.15, 0.2) is 64.1 Å². The molecule has 1 aromatic heterocycles. The molecular formula is C18H12Cl2N2O3. The lowest BCUT2D eigenvalue weighted by Crippen LogP contribution is -2.17. The van der Waals surface area contributed by atoms with Gasteiger partial charge in [-0.3, -0.25) is 4.79 Å². The fraction of sp³-hybridized carbons (Fsp3) is 0. The molecule has 0 aliphatic rings. The van der Waals surface area contributed by atoms with E-state index in [-0.39, 0.29) is 11.3 Å². The number of rotatable bonds is 4. The zero-order chi connectivity index (χ0) is 17.8. The first-order chi connectivity index (χ1) is 12.0. The molecule has 0 aliphatic heterocycles. The summed E-state index contributed by atoms with van der Waals surface area (Å²) in [7, 11) is 0. The van der Waals surface area contributed by atoms with Crippen molar-refractivity contribution < 1.29 is 14.3 Å². The van der Waals surface area contributed by atoms with E-state index in [1.165, 1.54) is 24.4 Å². The van der Waals surface area contributed by atoms with Crippen LogP contribution in [0.4, 0.5) is 0 Å². The number of hydrogen-bond acceptors (Lipinski definition) is 4. The third-order valence-corrected chi connectivity index (χ3v) is 3.80. The van der Waals surface area contributed by atoms with Gasteiger partial charge in [-0.1, -0.05) is 23.2 Å². The number of carbonyl (C=O) groups is 1. The van der Waals surface area contributed by atoms with Gasteiger partial charge in [0.05, 0.1) is 11.8 Å². The minimum atomic E-state index is -0.583. The van der Waals surface area contributed by atoms with Crippen LogP contribution in [-0.2, 0) is 0 Å². The largest absolute Gasteiger partial charge is 0.507 e. The minimum absolute atomic E-state index is 0.0333. The van der Waals surface area contributed by atoms with Crippen molar-refractivity contribution in [2.45, 2.75) is 0 Å². The molecule has 25 heavy (non-hydrogen) atoms. The highest BCUT2D eigenvalue weighted by molar-refractivity contribution is 6.31.